The Bertz CT molecular complexity index is 965. The first-order valence-corrected chi connectivity index (χ1v) is 9.87. The molecule has 0 saturated carbocycles. The quantitative estimate of drug-likeness (QED) is 0.770. The van der Waals surface area contributed by atoms with E-state index in [2.05, 4.69) is 5.32 Å². The van der Waals surface area contributed by atoms with E-state index >= 15 is 0 Å². The fourth-order valence-electron chi connectivity index (χ4n) is 3.16. The lowest BCUT2D eigenvalue weighted by atomic mass is 10.1. The van der Waals surface area contributed by atoms with E-state index in [4.69, 9.17) is 0 Å². The fraction of sp³-hybridized carbons (Fsp3) is 0.333. The van der Waals surface area contributed by atoms with Crippen LogP contribution in [0.2, 0.25) is 0 Å². The number of sulfonamides is 1. The van der Waals surface area contributed by atoms with Gasteiger partial charge in [0.1, 0.15) is 12.6 Å². The number of benzene rings is 2. The Morgan fingerprint density at radius 3 is 2.54 bits per heavy atom. The van der Waals surface area contributed by atoms with E-state index in [0.29, 0.717) is 23.9 Å². The fourth-order valence-corrected chi connectivity index (χ4v) is 4.83. The number of carboxylic acid groups (broad SMARTS) is 1. The van der Waals surface area contributed by atoms with Crippen LogP contribution in [-0.2, 0) is 19.6 Å². The van der Waals surface area contributed by atoms with Crippen molar-refractivity contribution in [2.24, 2.45) is 0 Å². The molecule has 2 aromatic rings. The highest BCUT2D eigenvalue weighted by Gasteiger charge is 2.37. The Morgan fingerprint density at radius 1 is 1.19 bits per heavy atom. The molecule has 2 N–H and O–H groups in total. The lowest BCUT2D eigenvalue weighted by Gasteiger charge is -2.20. The Kier molecular flexibility index (Phi) is 4.86. The van der Waals surface area contributed by atoms with Crippen LogP contribution < -0.4 is 9.62 Å². The van der Waals surface area contributed by atoms with Crippen LogP contribution in [0.5, 0.6) is 0 Å². The summed E-state index contributed by atoms with van der Waals surface area (Å²) in [6, 6.07) is 9.16. The normalized spacial score (nSPS) is 15.8. The number of hydrogen-bond donors (Lipinski definition) is 2. The standard InChI is InChI=1S/C18H20N2O5S/c1-2-3-8-13(18(22)23)19-16(21)11-20-14-9-4-6-12-7-5-10-15(17(12)14)26(20,24)25/h4-7,9-10,13H,2-3,8,11H2,1H3,(H,19,21)(H,22,23)/t13-/m0/s1. The van der Waals surface area contributed by atoms with Crippen molar-refractivity contribution >= 4 is 38.4 Å². The maximum atomic E-state index is 12.8. The highest BCUT2D eigenvalue weighted by molar-refractivity contribution is 7.93. The molecule has 1 aliphatic rings. The average molecular weight is 376 g/mol. The monoisotopic (exact) mass is 376 g/mol. The third-order valence-electron chi connectivity index (χ3n) is 4.45. The summed E-state index contributed by atoms with van der Waals surface area (Å²) in [5.41, 5.74) is 0.439. The molecular weight excluding hydrogens is 356 g/mol. The molecule has 3 rings (SSSR count). The molecule has 0 radical (unpaired) electrons. The molecule has 0 aliphatic carbocycles. The molecule has 0 unspecified atom stereocenters. The topological polar surface area (TPSA) is 104 Å². The van der Waals surface area contributed by atoms with Crippen molar-refractivity contribution in [1.29, 1.82) is 0 Å². The molecule has 1 aliphatic heterocycles. The molecular formula is C18H20N2O5S. The Hall–Kier alpha value is -2.61. The zero-order valence-corrected chi connectivity index (χ0v) is 15.1. The van der Waals surface area contributed by atoms with Crippen molar-refractivity contribution in [1.82, 2.24) is 5.32 Å². The predicted octanol–water partition coefficient (Wildman–Crippen LogP) is 2.11. The number of carboxylic acids is 1. The second kappa shape index (κ2) is 6.95. The van der Waals surface area contributed by atoms with Crippen LogP contribution in [0.1, 0.15) is 26.2 Å². The minimum absolute atomic E-state index is 0.166. The van der Waals surface area contributed by atoms with Crippen LogP contribution in [-0.4, -0.2) is 38.0 Å². The maximum Gasteiger partial charge on any atom is 0.326 e. The molecule has 1 heterocycles. The number of carbonyl (C=O) groups is 2. The predicted molar refractivity (Wildman–Crippen MR) is 97.6 cm³/mol. The number of nitrogens with zero attached hydrogens (tertiary/aromatic N) is 1. The number of carbonyl (C=O) groups excluding carboxylic acids is 1. The molecule has 1 amide bonds. The van der Waals surface area contributed by atoms with Crippen molar-refractivity contribution in [2.75, 3.05) is 10.8 Å². The van der Waals surface area contributed by atoms with Gasteiger partial charge in [-0.25, -0.2) is 13.2 Å². The van der Waals surface area contributed by atoms with Crippen molar-refractivity contribution in [2.45, 2.75) is 37.1 Å². The summed E-state index contributed by atoms with van der Waals surface area (Å²) in [5.74, 6) is -1.76. The van der Waals surface area contributed by atoms with Crippen LogP contribution in [0, 0.1) is 0 Å². The third-order valence-corrected chi connectivity index (χ3v) is 6.25. The Labute approximate surface area is 151 Å². The van der Waals surface area contributed by atoms with Gasteiger partial charge in [0, 0.05) is 5.39 Å². The van der Waals surface area contributed by atoms with Crippen LogP contribution in [0.4, 0.5) is 5.69 Å². The molecule has 8 heteroatoms. The second-order valence-electron chi connectivity index (χ2n) is 6.24. The first-order valence-electron chi connectivity index (χ1n) is 8.43. The van der Waals surface area contributed by atoms with Crippen LogP contribution in [0.15, 0.2) is 41.3 Å². The molecule has 0 saturated heterocycles. The summed E-state index contributed by atoms with van der Waals surface area (Å²) in [7, 11) is -3.84. The molecule has 0 fully saturated rings. The SMILES string of the molecule is CCCC[C@H](NC(=O)CN1c2cccc3cccc(c23)S1(=O)=O)C(=O)O. The van der Waals surface area contributed by atoms with E-state index in [9.17, 15) is 23.1 Å². The molecule has 26 heavy (non-hydrogen) atoms. The summed E-state index contributed by atoms with van der Waals surface area (Å²) >= 11 is 0. The summed E-state index contributed by atoms with van der Waals surface area (Å²) in [6.45, 7) is 1.47. The summed E-state index contributed by atoms with van der Waals surface area (Å²) in [5, 5.41) is 13.0. The van der Waals surface area contributed by atoms with Gasteiger partial charge < -0.3 is 10.4 Å². The molecule has 1 atom stereocenters. The summed E-state index contributed by atoms with van der Waals surface area (Å²) in [6.07, 6.45) is 1.77. The molecule has 0 bridgehead atoms. The van der Waals surface area contributed by atoms with Crippen LogP contribution in [0.25, 0.3) is 10.8 Å². The largest absolute Gasteiger partial charge is 0.480 e. The number of hydrogen-bond acceptors (Lipinski definition) is 4. The lowest BCUT2D eigenvalue weighted by Crippen LogP contribution is -2.46. The van der Waals surface area contributed by atoms with Gasteiger partial charge in [-0.05, 0) is 23.9 Å². The van der Waals surface area contributed by atoms with E-state index < -0.39 is 34.5 Å². The van der Waals surface area contributed by atoms with E-state index in [-0.39, 0.29) is 4.90 Å². The first kappa shape index (κ1) is 18.2. The number of nitrogens with one attached hydrogen (secondary N) is 1. The second-order valence-corrected chi connectivity index (χ2v) is 8.07. The zero-order chi connectivity index (χ0) is 18.9. The van der Waals surface area contributed by atoms with E-state index in [1.54, 1.807) is 18.2 Å². The minimum Gasteiger partial charge on any atom is -0.480 e. The van der Waals surface area contributed by atoms with Gasteiger partial charge in [0.25, 0.3) is 10.0 Å². The van der Waals surface area contributed by atoms with Crippen LogP contribution >= 0.6 is 0 Å². The highest BCUT2D eigenvalue weighted by Crippen LogP contribution is 2.41. The van der Waals surface area contributed by atoms with E-state index in [1.165, 1.54) is 6.07 Å². The van der Waals surface area contributed by atoms with E-state index in [0.717, 1.165) is 16.1 Å². The van der Waals surface area contributed by atoms with Crippen molar-refractivity contribution in [3.63, 3.8) is 0 Å². The molecule has 2 aromatic carbocycles. The number of unbranched alkanes of at least 4 members (excludes halogenated alkanes) is 1. The molecule has 138 valence electrons. The molecule has 7 nitrogen and oxygen atoms in total. The van der Waals surface area contributed by atoms with Crippen molar-refractivity contribution in [3.8, 4) is 0 Å². The molecule has 0 aromatic heterocycles. The van der Waals surface area contributed by atoms with Gasteiger partial charge in [0.2, 0.25) is 5.91 Å². The maximum absolute atomic E-state index is 12.8. The Morgan fingerprint density at radius 2 is 1.88 bits per heavy atom. The van der Waals surface area contributed by atoms with Gasteiger partial charge in [-0.15, -0.1) is 0 Å². The summed E-state index contributed by atoms with van der Waals surface area (Å²) in [4.78, 5) is 23.8. The third kappa shape index (κ3) is 3.12. The number of aliphatic carboxylic acids is 1. The van der Waals surface area contributed by atoms with Gasteiger partial charge in [-0.1, -0.05) is 44.0 Å². The minimum atomic E-state index is -3.84. The smallest absolute Gasteiger partial charge is 0.326 e. The van der Waals surface area contributed by atoms with Gasteiger partial charge in [-0.2, -0.15) is 0 Å². The first-order chi connectivity index (χ1) is 12.4. The number of amides is 1. The van der Waals surface area contributed by atoms with Crippen molar-refractivity contribution in [3.05, 3.63) is 36.4 Å². The number of rotatable bonds is 7. The Balaban J connectivity index is 1.86. The lowest BCUT2D eigenvalue weighted by molar-refractivity contribution is -0.141. The van der Waals surface area contributed by atoms with Gasteiger partial charge >= 0.3 is 5.97 Å². The average Bonchev–Trinajstić information content (AvgIpc) is 2.82. The van der Waals surface area contributed by atoms with Gasteiger partial charge in [0.15, 0.2) is 0 Å². The summed E-state index contributed by atoms with van der Waals surface area (Å²) < 4.78 is 26.7. The van der Waals surface area contributed by atoms with E-state index in [1.807, 2.05) is 19.1 Å². The number of anilines is 1. The molecule has 0 spiro atoms. The zero-order valence-electron chi connectivity index (χ0n) is 14.3. The highest BCUT2D eigenvalue weighted by atomic mass is 32.2. The van der Waals surface area contributed by atoms with Gasteiger partial charge in [-0.3, -0.25) is 9.10 Å². The van der Waals surface area contributed by atoms with Gasteiger partial charge in [0.05, 0.1) is 10.6 Å². The van der Waals surface area contributed by atoms with Crippen molar-refractivity contribution < 1.29 is 23.1 Å². The van der Waals surface area contributed by atoms with Crippen LogP contribution in [0.3, 0.4) is 0 Å².